The number of nitrogens with zero attached hydrogens (tertiary/aromatic N) is 1. The number of quaternary nitrogens is 1. The summed E-state index contributed by atoms with van der Waals surface area (Å²) in [4.78, 5) is 0. The summed E-state index contributed by atoms with van der Waals surface area (Å²) < 4.78 is 44.2. The van der Waals surface area contributed by atoms with Gasteiger partial charge in [0.05, 0.1) is 58.3 Å². The second kappa shape index (κ2) is 25.9. The molecule has 0 aromatic rings. The van der Waals surface area contributed by atoms with Crippen molar-refractivity contribution in [2.45, 2.75) is 148 Å². The molecule has 0 heterocycles. The average Bonchev–Trinajstić information content (AvgIpc) is 2.96. The molecule has 1 atom stereocenters. The minimum atomic E-state index is -4.05. The molecule has 0 aliphatic rings. The highest BCUT2D eigenvalue weighted by Crippen LogP contribution is 2.21. The molecule has 11 heteroatoms. The van der Waals surface area contributed by atoms with Gasteiger partial charge in [-0.25, -0.2) is 0 Å². The van der Waals surface area contributed by atoms with Gasteiger partial charge in [0.1, 0.15) is 0 Å². The van der Waals surface area contributed by atoms with Crippen LogP contribution in [0, 0.1) is 0 Å². The first-order chi connectivity index (χ1) is 20.9. The van der Waals surface area contributed by atoms with Crippen molar-refractivity contribution in [3.8, 4) is 0 Å². The van der Waals surface area contributed by atoms with E-state index >= 15 is 0 Å². The van der Waals surface area contributed by atoms with E-state index < -0.39 is 24.2 Å². The number of rotatable bonds is 33. The van der Waals surface area contributed by atoms with Crippen LogP contribution in [-0.2, 0) is 19.0 Å². The van der Waals surface area contributed by atoms with Gasteiger partial charge in [-0.2, -0.15) is 8.42 Å². The Balaban J connectivity index is 4.18. The SMILES string of the molecule is CCCCCCCCCCCCCCCCCC[N+](C)(C)CCC[Si](C)(OCC)OCC(CO)(CO)NCCCS(=O)(=O)O. The number of hydrogen-bond donors (Lipinski definition) is 4. The van der Waals surface area contributed by atoms with Gasteiger partial charge in [0, 0.05) is 6.61 Å². The zero-order valence-electron chi connectivity index (χ0n) is 29.4. The molecule has 266 valence electrons. The van der Waals surface area contributed by atoms with Crippen molar-refractivity contribution < 1.29 is 36.5 Å². The second-order valence-corrected chi connectivity index (χ2v) is 18.7. The highest BCUT2D eigenvalue weighted by atomic mass is 32.2. The first kappa shape index (κ1) is 43.9. The molecule has 0 aliphatic heterocycles. The van der Waals surface area contributed by atoms with Crippen molar-refractivity contribution in [1.29, 1.82) is 0 Å². The first-order valence-corrected chi connectivity index (χ1v) is 22.0. The lowest BCUT2D eigenvalue weighted by Crippen LogP contribution is -2.58. The maximum absolute atomic E-state index is 11.0. The summed E-state index contributed by atoms with van der Waals surface area (Å²) in [6.45, 7) is 8.54. The van der Waals surface area contributed by atoms with Crippen molar-refractivity contribution in [2.24, 2.45) is 0 Å². The van der Waals surface area contributed by atoms with Crippen LogP contribution in [-0.4, -0.2) is 108 Å². The Bertz CT molecular complexity index is 769. The normalized spacial score (nSPS) is 14.3. The molecule has 1 unspecified atom stereocenters. The zero-order chi connectivity index (χ0) is 33.2. The van der Waals surface area contributed by atoms with Crippen molar-refractivity contribution in [3.63, 3.8) is 0 Å². The monoisotopic (exact) mass is 669 g/mol. The summed E-state index contributed by atoms with van der Waals surface area (Å²) in [7, 11) is -2.01. The smallest absolute Gasteiger partial charge is 0.335 e. The van der Waals surface area contributed by atoms with Crippen molar-refractivity contribution >= 4 is 18.7 Å². The van der Waals surface area contributed by atoms with Crippen LogP contribution in [0.5, 0.6) is 0 Å². The fourth-order valence-electron chi connectivity index (χ4n) is 5.72. The van der Waals surface area contributed by atoms with E-state index in [1.807, 2.05) is 13.5 Å². The predicted octanol–water partition coefficient (Wildman–Crippen LogP) is 6.43. The molecule has 9 nitrogen and oxygen atoms in total. The molecule has 0 aromatic heterocycles. The van der Waals surface area contributed by atoms with Crippen molar-refractivity contribution in [3.05, 3.63) is 0 Å². The molecule has 0 rings (SSSR count). The molecular formula is C33H73N2O7SSi+. The largest absolute Gasteiger partial charge is 0.395 e. The maximum Gasteiger partial charge on any atom is 0.335 e. The highest BCUT2D eigenvalue weighted by Gasteiger charge is 2.37. The zero-order valence-corrected chi connectivity index (χ0v) is 31.2. The van der Waals surface area contributed by atoms with Crippen LogP contribution in [0.3, 0.4) is 0 Å². The molecule has 44 heavy (non-hydrogen) atoms. The lowest BCUT2D eigenvalue weighted by atomic mass is 10.0. The van der Waals surface area contributed by atoms with E-state index in [4.69, 9.17) is 13.4 Å². The summed E-state index contributed by atoms with van der Waals surface area (Å²) in [5, 5.41) is 23.0. The summed E-state index contributed by atoms with van der Waals surface area (Å²) in [5.74, 6) is -0.382. The van der Waals surface area contributed by atoms with E-state index in [-0.39, 0.29) is 38.5 Å². The highest BCUT2D eigenvalue weighted by molar-refractivity contribution is 7.85. The third-order valence-corrected chi connectivity index (χ3v) is 12.5. The molecule has 0 fully saturated rings. The van der Waals surface area contributed by atoms with Crippen molar-refractivity contribution in [1.82, 2.24) is 5.32 Å². The van der Waals surface area contributed by atoms with E-state index in [1.54, 1.807) is 0 Å². The average molecular weight is 670 g/mol. The van der Waals surface area contributed by atoms with Gasteiger partial charge in [-0.3, -0.25) is 4.55 Å². The minimum Gasteiger partial charge on any atom is -0.395 e. The number of nitrogens with one attached hydrogen (secondary N) is 1. The van der Waals surface area contributed by atoms with E-state index in [1.165, 1.54) is 103 Å². The molecule has 0 bridgehead atoms. The van der Waals surface area contributed by atoms with E-state index in [0.717, 1.165) is 30.0 Å². The summed E-state index contributed by atoms with van der Waals surface area (Å²) in [6, 6.07) is 0.817. The number of unbranched alkanes of at least 4 members (excludes halogenated alkanes) is 15. The van der Waals surface area contributed by atoms with Gasteiger partial charge in [0.15, 0.2) is 0 Å². The minimum absolute atomic E-state index is 0.0615. The molecule has 0 amide bonds. The maximum atomic E-state index is 11.0. The predicted molar refractivity (Wildman–Crippen MR) is 186 cm³/mol. The van der Waals surface area contributed by atoms with Gasteiger partial charge >= 0.3 is 8.56 Å². The van der Waals surface area contributed by atoms with E-state index in [2.05, 4.69) is 26.3 Å². The van der Waals surface area contributed by atoms with Crippen LogP contribution in [0.25, 0.3) is 0 Å². The molecule has 4 N–H and O–H groups in total. The lowest BCUT2D eigenvalue weighted by molar-refractivity contribution is -0.890. The third-order valence-electron chi connectivity index (χ3n) is 8.80. The molecule has 0 aromatic carbocycles. The molecule has 0 saturated heterocycles. The van der Waals surface area contributed by atoms with Crippen LogP contribution >= 0.6 is 0 Å². The van der Waals surface area contributed by atoms with Gasteiger partial charge in [-0.1, -0.05) is 96.8 Å². The van der Waals surface area contributed by atoms with Crippen LogP contribution in [0.15, 0.2) is 0 Å². The number of aliphatic hydroxyl groups is 2. The van der Waals surface area contributed by atoms with E-state index in [9.17, 15) is 18.6 Å². The van der Waals surface area contributed by atoms with Gasteiger partial charge in [-0.15, -0.1) is 0 Å². The van der Waals surface area contributed by atoms with Crippen LogP contribution < -0.4 is 5.32 Å². The molecule has 0 spiro atoms. The molecular weight excluding hydrogens is 597 g/mol. The standard InChI is InChI=1S/C33H72N2O7SSi/c1-6-8-9-10-11-12-13-14-15-16-17-18-19-20-21-22-26-35(3,4)27-24-29-44(5,41-7-2)42-32-33(30-36,31-37)34-25-23-28-43(38,39)40/h34,36-37H,6-32H2,1-5H3/p+1. The Kier molecular flexibility index (Phi) is 25.8. The number of hydrogen-bond acceptors (Lipinski definition) is 7. The van der Waals surface area contributed by atoms with Crippen LogP contribution in [0.1, 0.15) is 129 Å². The van der Waals surface area contributed by atoms with Gasteiger partial charge in [0.2, 0.25) is 0 Å². The topological polar surface area (TPSA) is 125 Å². The summed E-state index contributed by atoms with van der Waals surface area (Å²) in [5.41, 5.74) is -1.10. The van der Waals surface area contributed by atoms with Crippen LogP contribution in [0.4, 0.5) is 0 Å². The first-order valence-electron chi connectivity index (χ1n) is 17.9. The quantitative estimate of drug-likeness (QED) is 0.0273. The Morgan fingerprint density at radius 3 is 1.59 bits per heavy atom. The van der Waals surface area contributed by atoms with Gasteiger partial charge in [-0.05, 0) is 51.7 Å². The number of aliphatic hydroxyl groups excluding tert-OH is 2. The third kappa shape index (κ3) is 25.0. The van der Waals surface area contributed by atoms with Crippen molar-refractivity contribution in [2.75, 3.05) is 65.9 Å². The summed E-state index contributed by atoms with van der Waals surface area (Å²) in [6.07, 6.45) is 23.3. The second-order valence-electron chi connectivity index (χ2n) is 13.8. The molecule has 0 saturated carbocycles. The van der Waals surface area contributed by atoms with Gasteiger partial charge < -0.3 is 28.9 Å². The van der Waals surface area contributed by atoms with Crippen LogP contribution in [0.2, 0.25) is 12.6 Å². The fraction of sp³-hybridized carbons (Fsp3) is 1.00. The van der Waals surface area contributed by atoms with Gasteiger partial charge in [0.25, 0.3) is 10.1 Å². The van der Waals surface area contributed by atoms with E-state index in [0.29, 0.717) is 6.61 Å². The lowest BCUT2D eigenvalue weighted by Gasteiger charge is -2.36. The molecule has 0 aliphatic carbocycles. The summed E-state index contributed by atoms with van der Waals surface area (Å²) >= 11 is 0. The molecule has 0 radical (unpaired) electrons. The fourth-order valence-corrected chi connectivity index (χ4v) is 8.60. The Morgan fingerprint density at radius 1 is 0.705 bits per heavy atom. The Morgan fingerprint density at radius 2 is 1.16 bits per heavy atom. The Labute approximate surface area is 273 Å². The Hall–Kier alpha value is -0.113.